The Morgan fingerprint density at radius 2 is 2.05 bits per heavy atom. The summed E-state index contributed by atoms with van der Waals surface area (Å²) in [6.07, 6.45) is 0.0237. The maximum absolute atomic E-state index is 12.0. The van der Waals surface area contributed by atoms with Crippen molar-refractivity contribution >= 4 is 17.8 Å². The van der Waals surface area contributed by atoms with E-state index in [-0.39, 0.29) is 13.0 Å². The molecule has 1 aliphatic heterocycles. The molecule has 0 radical (unpaired) electrons. The fourth-order valence-corrected chi connectivity index (χ4v) is 1.81. The first-order chi connectivity index (χ1) is 8.74. The van der Waals surface area contributed by atoms with E-state index in [0.29, 0.717) is 12.1 Å². The second kappa shape index (κ2) is 5.90. The summed E-state index contributed by atoms with van der Waals surface area (Å²) in [6.45, 7) is 5.47. The Kier molecular flexibility index (Phi) is 4.74. The van der Waals surface area contributed by atoms with Crippen molar-refractivity contribution in [3.63, 3.8) is 0 Å². The topological polar surface area (TPSA) is 88.4 Å². The number of likely N-dealkylation sites (tertiary alicyclic amines) is 1. The molecule has 1 saturated heterocycles. The lowest BCUT2D eigenvalue weighted by atomic mass is 10.0. The van der Waals surface area contributed by atoms with Crippen LogP contribution >= 0.6 is 0 Å². The second-order valence-corrected chi connectivity index (χ2v) is 5.32. The number of oxime groups is 1. The van der Waals surface area contributed by atoms with Gasteiger partial charge in [-0.3, -0.25) is 4.90 Å². The fraction of sp³-hybridized carbons (Fsp3) is 0.750. The van der Waals surface area contributed by atoms with Crippen LogP contribution in [0.2, 0.25) is 0 Å². The normalized spacial score (nSPS) is 22.2. The van der Waals surface area contributed by atoms with E-state index in [4.69, 9.17) is 4.74 Å². The van der Waals surface area contributed by atoms with E-state index in [1.165, 1.54) is 12.0 Å². The number of carbonyl (C=O) groups is 2. The summed E-state index contributed by atoms with van der Waals surface area (Å²) in [5.41, 5.74) is -0.0178. The summed E-state index contributed by atoms with van der Waals surface area (Å²) >= 11 is 0. The van der Waals surface area contributed by atoms with Gasteiger partial charge in [0.1, 0.15) is 18.8 Å². The van der Waals surface area contributed by atoms with Crippen LogP contribution in [0.3, 0.4) is 0 Å². The van der Waals surface area contributed by atoms with E-state index in [0.717, 1.165) is 0 Å². The van der Waals surface area contributed by atoms with Gasteiger partial charge >= 0.3 is 12.1 Å². The van der Waals surface area contributed by atoms with Crippen molar-refractivity contribution in [1.82, 2.24) is 4.90 Å². The maximum atomic E-state index is 12.0. The van der Waals surface area contributed by atoms with Gasteiger partial charge in [-0.2, -0.15) is 0 Å². The Morgan fingerprint density at radius 3 is 2.53 bits per heavy atom. The molecule has 1 aliphatic rings. The first-order valence-electron chi connectivity index (χ1n) is 6.06. The monoisotopic (exact) mass is 272 g/mol. The molecule has 0 aromatic rings. The number of hydrogen-bond donors (Lipinski definition) is 1. The molecular weight excluding hydrogens is 252 g/mol. The Morgan fingerprint density at radius 1 is 1.42 bits per heavy atom. The molecule has 1 amide bonds. The molecule has 108 valence electrons. The Bertz CT molecular complexity index is 386. The molecule has 0 spiro atoms. The first kappa shape index (κ1) is 15.3. The van der Waals surface area contributed by atoms with Crippen LogP contribution in [0.1, 0.15) is 33.6 Å². The molecular formula is C12H20N2O5. The van der Waals surface area contributed by atoms with Crippen LogP contribution in [0.15, 0.2) is 5.16 Å². The van der Waals surface area contributed by atoms with Gasteiger partial charge in [0.2, 0.25) is 0 Å². The highest BCUT2D eigenvalue weighted by Gasteiger charge is 2.37. The molecule has 1 atom stereocenters. The number of rotatable bonds is 2. The number of piperidine rings is 1. The molecule has 1 heterocycles. The molecule has 0 aliphatic carbocycles. The average Bonchev–Trinajstić information content (AvgIpc) is 2.26. The van der Waals surface area contributed by atoms with Crippen molar-refractivity contribution in [2.24, 2.45) is 5.16 Å². The summed E-state index contributed by atoms with van der Waals surface area (Å²) in [4.78, 5) is 29.1. The summed E-state index contributed by atoms with van der Waals surface area (Å²) in [5, 5.41) is 13.0. The van der Waals surface area contributed by atoms with Gasteiger partial charge in [-0.05, 0) is 20.8 Å². The molecule has 1 N–H and O–H groups in total. The average molecular weight is 272 g/mol. The predicted molar refractivity (Wildman–Crippen MR) is 68.0 cm³/mol. The van der Waals surface area contributed by atoms with Crippen molar-refractivity contribution in [1.29, 1.82) is 0 Å². The lowest BCUT2D eigenvalue weighted by Gasteiger charge is -2.34. The summed E-state index contributed by atoms with van der Waals surface area (Å²) in [7, 11) is 1.41. The third-order valence-electron chi connectivity index (χ3n) is 2.58. The Labute approximate surface area is 112 Å². The molecule has 0 bridgehead atoms. The largest absolute Gasteiger partial charge is 0.480 e. The van der Waals surface area contributed by atoms with Crippen molar-refractivity contribution in [2.75, 3.05) is 13.7 Å². The third-order valence-corrected chi connectivity index (χ3v) is 2.58. The van der Waals surface area contributed by atoms with E-state index < -0.39 is 23.7 Å². The molecule has 0 saturated carbocycles. The number of aliphatic carboxylic acids is 1. The van der Waals surface area contributed by atoms with Crippen molar-refractivity contribution < 1.29 is 24.3 Å². The minimum Gasteiger partial charge on any atom is -0.480 e. The van der Waals surface area contributed by atoms with Crippen LogP contribution in [0.4, 0.5) is 4.79 Å². The Balaban J connectivity index is 2.80. The molecule has 1 fully saturated rings. The van der Waals surface area contributed by atoms with Gasteiger partial charge in [-0.1, -0.05) is 5.16 Å². The van der Waals surface area contributed by atoms with Crippen LogP contribution in [-0.4, -0.2) is 53.1 Å². The smallest absolute Gasteiger partial charge is 0.411 e. The lowest BCUT2D eigenvalue weighted by molar-refractivity contribution is -0.143. The summed E-state index contributed by atoms with van der Waals surface area (Å²) in [6, 6.07) is -0.961. The molecule has 7 nitrogen and oxygen atoms in total. The summed E-state index contributed by atoms with van der Waals surface area (Å²) in [5.74, 6) is -1.07. The predicted octanol–water partition coefficient (Wildman–Crippen LogP) is 1.47. The number of nitrogens with zero attached hydrogens (tertiary/aromatic N) is 2. The van der Waals surface area contributed by atoms with Gasteiger partial charge in [-0.15, -0.1) is 0 Å². The molecule has 0 aromatic carbocycles. The fourth-order valence-electron chi connectivity index (χ4n) is 1.81. The number of carboxylic acid groups (broad SMARTS) is 1. The quantitative estimate of drug-likeness (QED) is 0.769. The summed E-state index contributed by atoms with van der Waals surface area (Å²) < 4.78 is 5.21. The van der Waals surface area contributed by atoms with Gasteiger partial charge in [0.05, 0.1) is 5.71 Å². The highest BCUT2D eigenvalue weighted by molar-refractivity contribution is 5.93. The van der Waals surface area contributed by atoms with Crippen molar-refractivity contribution in [3.05, 3.63) is 0 Å². The molecule has 7 heteroatoms. The van der Waals surface area contributed by atoms with Gasteiger partial charge in [0.25, 0.3) is 0 Å². The molecule has 19 heavy (non-hydrogen) atoms. The van der Waals surface area contributed by atoms with E-state index in [1.54, 1.807) is 20.8 Å². The van der Waals surface area contributed by atoms with Gasteiger partial charge in [-0.25, -0.2) is 9.59 Å². The van der Waals surface area contributed by atoms with Gasteiger partial charge < -0.3 is 14.7 Å². The van der Waals surface area contributed by atoms with E-state index >= 15 is 0 Å². The molecule has 1 rings (SSSR count). The zero-order valence-electron chi connectivity index (χ0n) is 11.7. The van der Waals surface area contributed by atoms with E-state index in [1.807, 2.05) is 0 Å². The third kappa shape index (κ3) is 4.42. The minimum absolute atomic E-state index is 0.155. The van der Waals surface area contributed by atoms with Gasteiger partial charge in [0.15, 0.2) is 0 Å². The Hall–Kier alpha value is -1.79. The van der Waals surface area contributed by atoms with Crippen LogP contribution in [0, 0.1) is 0 Å². The zero-order valence-corrected chi connectivity index (χ0v) is 11.7. The number of carboxylic acids is 1. The number of amides is 1. The van der Waals surface area contributed by atoms with Crippen LogP contribution in [0.25, 0.3) is 0 Å². The van der Waals surface area contributed by atoms with Crippen LogP contribution in [0.5, 0.6) is 0 Å². The standard InChI is InChI=1S/C12H20N2O5/c1-12(2,3)19-11(17)14-6-5-8(13-18-4)7-9(14)10(15)16/h9H,5-7H2,1-4H3,(H,15,16). The van der Waals surface area contributed by atoms with Crippen molar-refractivity contribution in [3.8, 4) is 0 Å². The van der Waals surface area contributed by atoms with E-state index in [2.05, 4.69) is 9.99 Å². The van der Waals surface area contributed by atoms with Crippen LogP contribution in [-0.2, 0) is 14.4 Å². The molecule has 1 unspecified atom stereocenters. The number of ether oxygens (including phenoxy) is 1. The highest BCUT2D eigenvalue weighted by atomic mass is 16.6. The maximum Gasteiger partial charge on any atom is 0.411 e. The second-order valence-electron chi connectivity index (χ2n) is 5.32. The highest BCUT2D eigenvalue weighted by Crippen LogP contribution is 2.19. The van der Waals surface area contributed by atoms with Crippen LogP contribution < -0.4 is 0 Å². The number of hydrogen-bond acceptors (Lipinski definition) is 5. The van der Waals surface area contributed by atoms with Crippen molar-refractivity contribution in [2.45, 2.75) is 45.3 Å². The zero-order chi connectivity index (χ0) is 14.6. The van der Waals surface area contributed by atoms with Gasteiger partial charge in [0, 0.05) is 19.4 Å². The SMILES string of the molecule is CON=C1CCN(C(=O)OC(C)(C)C)C(C(=O)O)C1. The molecule has 0 aromatic heterocycles. The first-order valence-corrected chi connectivity index (χ1v) is 6.06. The number of carbonyl (C=O) groups excluding carboxylic acids is 1. The minimum atomic E-state index is -1.07. The lowest BCUT2D eigenvalue weighted by Crippen LogP contribution is -2.51. The van der Waals surface area contributed by atoms with E-state index in [9.17, 15) is 14.7 Å².